The lowest BCUT2D eigenvalue weighted by Gasteiger charge is -2.24. The summed E-state index contributed by atoms with van der Waals surface area (Å²) in [6.45, 7) is 4.50. The number of hydrogen-bond donors (Lipinski definition) is 1. The molecule has 1 atom stereocenters. The Labute approximate surface area is 110 Å². The van der Waals surface area contributed by atoms with Crippen LogP contribution in [0.4, 0.5) is 0 Å². The second-order valence-corrected chi connectivity index (χ2v) is 6.70. The summed E-state index contributed by atoms with van der Waals surface area (Å²) in [6, 6.07) is 5.78. The normalized spacial score (nSPS) is 20.8. The smallest absolute Gasteiger partial charge is 0.0388 e. The Balaban J connectivity index is 1.85. The summed E-state index contributed by atoms with van der Waals surface area (Å²) < 4.78 is 0. The monoisotopic (exact) mass is 251 g/mol. The zero-order chi connectivity index (χ0) is 12.1. The molecule has 0 amide bonds. The first-order chi connectivity index (χ1) is 8.25. The predicted molar refractivity (Wildman–Crippen MR) is 76.7 cm³/mol. The van der Waals surface area contributed by atoms with Crippen molar-refractivity contribution in [3.05, 3.63) is 21.9 Å². The average Bonchev–Trinajstić information content (AvgIpc) is 2.68. The largest absolute Gasteiger partial charge is 0.307 e. The molecule has 0 saturated heterocycles. The van der Waals surface area contributed by atoms with Crippen molar-refractivity contribution in [3.8, 4) is 0 Å². The highest BCUT2D eigenvalue weighted by atomic mass is 32.1. The van der Waals surface area contributed by atoms with E-state index < -0.39 is 0 Å². The molecule has 17 heavy (non-hydrogen) atoms. The van der Waals surface area contributed by atoms with Crippen LogP contribution < -0.4 is 5.32 Å². The second kappa shape index (κ2) is 6.55. The zero-order valence-corrected chi connectivity index (χ0v) is 12.0. The van der Waals surface area contributed by atoms with Crippen molar-refractivity contribution < 1.29 is 0 Å². The van der Waals surface area contributed by atoms with Gasteiger partial charge in [0.1, 0.15) is 0 Å². The van der Waals surface area contributed by atoms with E-state index in [4.69, 9.17) is 0 Å². The third-order valence-corrected chi connectivity index (χ3v) is 4.96. The van der Waals surface area contributed by atoms with E-state index in [0.29, 0.717) is 6.04 Å². The van der Waals surface area contributed by atoms with E-state index >= 15 is 0 Å². The van der Waals surface area contributed by atoms with Crippen molar-refractivity contribution in [1.29, 1.82) is 0 Å². The Morgan fingerprint density at radius 2 is 1.76 bits per heavy atom. The third-order valence-electron chi connectivity index (χ3n) is 3.78. The van der Waals surface area contributed by atoms with E-state index in [1.807, 2.05) is 11.3 Å². The maximum Gasteiger partial charge on any atom is 0.0388 e. The molecule has 1 unspecified atom stereocenters. The summed E-state index contributed by atoms with van der Waals surface area (Å²) in [7, 11) is 0. The Morgan fingerprint density at radius 1 is 1.12 bits per heavy atom. The van der Waals surface area contributed by atoms with Crippen LogP contribution in [0.5, 0.6) is 0 Å². The Bertz CT molecular complexity index is 323. The molecule has 96 valence electrons. The minimum Gasteiger partial charge on any atom is -0.307 e. The molecule has 1 nitrogen and oxygen atoms in total. The van der Waals surface area contributed by atoms with E-state index in [1.165, 1.54) is 54.7 Å². The summed E-state index contributed by atoms with van der Waals surface area (Å²) >= 11 is 1.93. The van der Waals surface area contributed by atoms with Crippen LogP contribution in [0.1, 0.15) is 67.7 Å². The molecule has 2 rings (SSSR count). The summed E-state index contributed by atoms with van der Waals surface area (Å²) in [5.74, 6) is 0. The van der Waals surface area contributed by atoms with Crippen molar-refractivity contribution >= 4 is 11.3 Å². The third kappa shape index (κ3) is 4.11. The quantitative estimate of drug-likeness (QED) is 0.812. The summed E-state index contributed by atoms with van der Waals surface area (Å²) in [5.41, 5.74) is 0. The number of nitrogens with one attached hydrogen (secondary N) is 1. The molecule has 1 saturated carbocycles. The van der Waals surface area contributed by atoms with Gasteiger partial charge in [-0.25, -0.2) is 0 Å². The maximum absolute atomic E-state index is 3.83. The lowest BCUT2D eigenvalue weighted by molar-refractivity contribution is 0.364. The molecule has 2 heteroatoms. The fourth-order valence-electron chi connectivity index (χ4n) is 2.74. The van der Waals surface area contributed by atoms with Crippen LogP contribution >= 0.6 is 11.3 Å². The van der Waals surface area contributed by atoms with E-state index in [-0.39, 0.29) is 0 Å². The summed E-state index contributed by atoms with van der Waals surface area (Å²) in [5, 5.41) is 3.83. The molecule has 0 aromatic carbocycles. The molecule has 1 aliphatic rings. The van der Waals surface area contributed by atoms with Crippen molar-refractivity contribution in [3.63, 3.8) is 0 Å². The molecule has 1 heterocycles. The standard InChI is InChI=1S/C15H25NS/c1-12-10-11-15(17-12)13(2)16-14-8-6-4-3-5-7-9-14/h10-11,13-14,16H,3-9H2,1-2H3. The minimum atomic E-state index is 0.526. The Morgan fingerprint density at radius 3 is 2.35 bits per heavy atom. The average molecular weight is 251 g/mol. The Hall–Kier alpha value is -0.340. The van der Waals surface area contributed by atoms with Crippen LogP contribution in [0.2, 0.25) is 0 Å². The van der Waals surface area contributed by atoms with E-state index in [0.717, 1.165) is 6.04 Å². The fraction of sp³-hybridized carbons (Fsp3) is 0.733. The summed E-state index contributed by atoms with van der Waals surface area (Å²) in [6.07, 6.45) is 9.88. The first-order valence-corrected chi connectivity index (χ1v) is 7.90. The molecule has 1 aromatic heterocycles. The van der Waals surface area contributed by atoms with E-state index in [1.54, 1.807) is 0 Å². The van der Waals surface area contributed by atoms with Crippen LogP contribution in [0, 0.1) is 6.92 Å². The van der Waals surface area contributed by atoms with Crippen molar-refractivity contribution in [2.75, 3.05) is 0 Å². The van der Waals surface area contributed by atoms with Crippen molar-refractivity contribution in [2.45, 2.75) is 70.9 Å². The number of thiophene rings is 1. The summed E-state index contributed by atoms with van der Waals surface area (Å²) in [4.78, 5) is 2.91. The fourth-order valence-corrected chi connectivity index (χ4v) is 3.63. The van der Waals surface area contributed by atoms with Crippen LogP contribution in [-0.2, 0) is 0 Å². The van der Waals surface area contributed by atoms with Gasteiger partial charge in [0.15, 0.2) is 0 Å². The van der Waals surface area contributed by atoms with Gasteiger partial charge in [0, 0.05) is 21.8 Å². The molecule has 1 fully saturated rings. The van der Waals surface area contributed by atoms with Gasteiger partial charge in [-0.05, 0) is 38.8 Å². The van der Waals surface area contributed by atoms with Gasteiger partial charge in [0.05, 0.1) is 0 Å². The van der Waals surface area contributed by atoms with Gasteiger partial charge in [0.25, 0.3) is 0 Å². The van der Waals surface area contributed by atoms with Crippen LogP contribution in [0.15, 0.2) is 12.1 Å². The van der Waals surface area contributed by atoms with Crippen LogP contribution in [-0.4, -0.2) is 6.04 Å². The van der Waals surface area contributed by atoms with Crippen molar-refractivity contribution in [2.24, 2.45) is 0 Å². The molecule has 0 aliphatic heterocycles. The molecular weight excluding hydrogens is 226 g/mol. The van der Waals surface area contributed by atoms with Gasteiger partial charge in [-0.1, -0.05) is 32.1 Å². The number of hydrogen-bond acceptors (Lipinski definition) is 2. The minimum absolute atomic E-state index is 0.526. The first kappa shape index (κ1) is 13.1. The van der Waals surface area contributed by atoms with Gasteiger partial charge in [-0.2, -0.15) is 0 Å². The SMILES string of the molecule is Cc1ccc(C(C)NC2CCCCCCC2)s1. The molecule has 0 spiro atoms. The highest BCUT2D eigenvalue weighted by Gasteiger charge is 2.15. The van der Waals surface area contributed by atoms with E-state index in [9.17, 15) is 0 Å². The van der Waals surface area contributed by atoms with Gasteiger partial charge in [0.2, 0.25) is 0 Å². The molecular formula is C15H25NS. The first-order valence-electron chi connectivity index (χ1n) is 7.08. The molecule has 1 aromatic rings. The second-order valence-electron chi connectivity index (χ2n) is 5.38. The predicted octanol–water partition coefficient (Wildman–Crippen LogP) is 4.82. The highest BCUT2D eigenvalue weighted by molar-refractivity contribution is 7.12. The maximum atomic E-state index is 3.83. The number of rotatable bonds is 3. The van der Waals surface area contributed by atoms with Gasteiger partial charge in [-0.15, -0.1) is 11.3 Å². The van der Waals surface area contributed by atoms with E-state index in [2.05, 4.69) is 31.3 Å². The van der Waals surface area contributed by atoms with Crippen LogP contribution in [0.25, 0.3) is 0 Å². The van der Waals surface area contributed by atoms with Gasteiger partial charge < -0.3 is 5.32 Å². The van der Waals surface area contributed by atoms with Crippen LogP contribution in [0.3, 0.4) is 0 Å². The highest BCUT2D eigenvalue weighted by Crippen LogP contribution is 2.25. The lowest BCUT2D eigenvalue weighted by Crippen LogP contribution is -2.31. The van der Waals surface area contributed by atoms with Crippen molar-refractivity contribution in [1.82, 2.24) is 5.32 Å². The molecule has 1 aliphatic carbocycles. The zero-order valence-electron chi connectivity index (χ0n) is 11.2. The number of aryl methyl sites for hydroxylation is 1. The molecule has 0 bridgehead atoms. The van der Waals surface area contributed by atoms with Gasteiger partial charge >= 0.3 is 0 Å². The lowest BCUT2D eigenvalue weighted by atomic mass is 9.96. The van der Waals surface area contributed by atoms with Gasteiger partial charge in [-0.3, -0.25) is 0 Å². The topological polar surface area (TPSA) is 12.0 Å². The molecule has 1 N–H and O–H groups in total. The Kier molecular flexibility index (Phi) is 5.05. The molecule has 0 radical (unpaired) electrons.